The van der Waals surface area contributed by atoms with Gasteiger partial charge in [0.15, 0.2) is 0 Å². The van der Waals surface area contributed by atoms with E-state index in [0.717, 1.165) is 5.69 Å². The molecule has 0 saturated carbocycles. The third kappa shape index (κ3) is 3.11. The van der Waals surface area contributed by atoms with Crippen molar-refractivity contribution >= 4 is 98.3 Å². The maximum atomic E-state index is 2.52. The quantitative estimate of drug-likeness (QED) is 0.164. The van der Waals surface area contributed by atoms with E-state index in [1.165, 1.54) is 104 Å². The van der Waals surface area contributed by atoms with Crippen LogP contribution in [0.5, 0.6) is 0 Å². The minimum Gasteiger partial charge on any atom is -0.309 e. The van der Waals surface area contributed by atoms with Gasteiger partial charge in [0.2, 0.25) is 0 Å². The number of benzene rings is 8. The Hall–Kier alpha value is -7.04. The average molecular weight is 661 g/mol. The molecule has 0 radical (unpaired) electrons. The van der Waals surface area contributed by atoms with Crippen molar-refractivity contribution < 1.29 is 0 Å². The Morgan fingerprint density at radius 2 is 0.769 bits per heavy atom. The van der Waals surface area contributed by atoms with Crippen LogP contribution in [-0.2, 0) is 0 Å². The van der Waals surface area contributed by atoms with E-state index in [0.29, 0.717) is 0 Å². The first-order chi connectivity index (χ1) is 25.8. The molecule has 0 aliphatic heterocycles. The van der Waals surface area contributed by atoms with Crippen LogP contribution in [0.2, 0.25) is 0 Å². The molecule has 4 nitrogen and oxygen atoms in total. The molecular weight excluding hydrogens is 633 g/mol. The Balaban J connectivity index is 1.26. The number of hydrogen-bond donors (Lipinski definition) is 0. The molecule has 0 amide bonds. The normalized spacial score (nSPS) is 12.6. The van der Waals surface area contributed by atoms with E-state index in [4.69, 9.17) is 0 Å². The van der Waals surface area contributed by atoms with Crippen LogP contribution in [0.4, 0.5) is 0 Å². The molecule has 4 heteroatoms. The summed E-state index contributed by atoms with van der Waals surface area (Å²) >= 11 is 0. The van der Waals surface area contributed by atoms with E-state index in [1.54, 1.807) is 0 Å². The predicted molar refractivity (Wildman–Crippen MR) is 218 cm³/mol. The fraction of sp³-hybridized carbons (Fsp3) is 0. The summed E-state index contributed by atoms with van der Waals surface area (Å²) in [5.41, 5.74) is 14.6. The smallest absolute Gasteiger partial charge is 0.0784 e. The average Bonchev–Trinajstić information content (AvgIpc) is 3.93. The number of nitrogens with zero attached hydrogens (tertiary/aromatic N) is 4. The van der Waals surface area contributed by atoms with Crippen LogP contribution in [0, 0.1) is 0 Å². The summed E-state index contributed by atoms with van der Waals surface area (Å²) < 4.78 is 9.98. The first-order valence-corrected chi connectivity index (χ1v) is 18.0. The first kappa shape index (κ1) is 26.8. The summed E-state index contributed by atoms with van der Waals surface area (Å²) in [7, 11) is 0. The van der Waals surface area contributed by atoms with Crippen molar-refractivity contribution in [2.45, 2.75) is 0 Å². The van der Waals surface area contributed by atoms with Crippen LogP contribution in [0.25, 0.3) is 110 Å². The van der Waals surface area contributed by atoms with Gasteiger partial charge in [0.25, 0.3) is 0 Å². The second kappa shape index (κ2) is 9.39. The molecule has 52 heavy (non-hydrogen) atoms. The lowest BCUT2D eigenvalue weighted by Crippen LogP contribution is -2.00. The summed E-state index contributed by atoms with van der Waals surface area (Å²) in [5, 5.41) is 10.1. The van der Waals surface area contributed by atoms with Crippen molar-refractivity contribution in [1.82, 2.24) is 17.9 Å². The van der Waals surface area contributed by atoms with Crippen molar-refractivity contribution in [1.29, 1.82) is 0 Å². The lowest BCUT2D eigenvalue weighted by Gasteiger charge is -2.14. The molecule has 240 valence electrons. The van der Waals surface area contributed by atoms with E-state index in [9.17, 15) is 0 Å². The van der Waals surface area contributed by atoms with Crippen LogP contribution in [0.1, 0.15) is 0 Å². The van der Waals surface area contributed by atoms with Crippen LogP contribution in [0.3, 0.4) is 0 Å². The third-order valence-corrected chi connectivity index (χ3v) is 11.6. The van der Waals surface area contributed by atoms with Crippen molar-refractivity contribution in [3.8, 4) is 11.4 Å². The van der Waals surface area contributed by atoms with Gasteiger partial charge in [-0.2, -0.15) is 0 Å². The van der Waals surface area contributed by atoms with Gasteiger partial charge < -0.3 is 17.9 Å². The molecule has 0 N–H and O–H groups in total. The minimum atomic E-state index is 1.16. The Morgan fingerprint density at radius 1 is 0.250 bits per heavy atom. The molecule has 5 aromatic heterocycles. The van der Waals surface area contributed by atoms with E-state index in [1.807, 2.05) is 0 Å². The molecule has 0 atom stereocenters. The maximum absolute atomic E-state index is 2.52. The van der Waals surface area contributed by atoms with E-state index >= 15 is 0 Å². The Morgan fingerprint density at radius 3 is 1.52 bits per heavy atom. The summed E-state index contributed by atoms with van der Waals surface area (Å²) in [6.45, 7) is 0. The molecule has 0 unspecified atom stereocenters. The molecule has 0 bridgehead atoms. The van der Waals surface area contributed by atoms with Gasteiger partial charge in [-0.1, -0.05) is 109 Å². The molecule has 0 aliphatic rings. The SMILES string of the molecule is c1ccc(-n2c3ccccc3c3ccc4c(c5ccccc5n4-c4cc5c6ccccc6n6c7cccc8c9ccccc9n(c(c4)c56)c87)c32)cc1. The van der Waals surface area contributed by atoms with Gasteiger partial charge in [0.05, 0.1) is 55.2 Å². The first-order valence-electron chi connectivity index (χ1n) is 18.0. The highest BCUT2D eigenvalue weighted by molar-refractivity contribution is 6.27. The molecule has 5 heterocycles. The zero-order valence-corrected chi connectivity index (χ0v) is 28.0. The van der Waals surface area contributed by atoms with Gasteiger partial charge in [0.1, 0.15) is 0 Å². The Bertz CT molecular complexity index is 3620. The van der Waals surface area contributed by atoms with Crippen LogP contribution >= 0.6 is 0 Å². The van der Waals surface area contributed by atoms with Crippen LogP contribution in [-0.4, -0.2) is 17.9 Å². The maximum Gasteiger partial charge on any atom is 0.0784 e. The topological polar surface area (TPSA) is 18.7 Å². The molecule has 13 rings (SSSR count). The number of fused-ring (bicyclic) bond motifs is 15. The van der Waals surface area contributed by atoms with Gasteiger partial charge in [0, 0.05) is 54.5 Å². The summed E-state index contributed by atoms with van der Waals surface area (Å²) in [6, 6.07) is 62.6. The van der Waals surface area contributed by atoms with Crippen molar-refractivity contribution in [3.05, 3.63) is 170 Å². The Labute approximate surface area is 296 Å². The molecule has 8 aromatic carbocycles. The molecule has 0 spiro atoms. The highest BCUT2D eigenvalue weighted by Crippen LogP contribution is 2.45. The minimum absolute atomic E-state index is 1.16. The van der Waals surface area contributed by atoms with Gasteiger partial charge in [-0.15, -0.1) is 0 Å². The standard InChI is InChI=1S/C48H28N4/c1-2-13-29(14-3-1)50-38-20-8-4-16-32(38)35-25-26-42-45(48(35)50)36-18-7-11-23-41(36)49(42)30-27-37-33-17-6-10-22-40(33)51-43-24-12-19-34-31-15-5-9-21-39(31)52(46(34)43)44(28-30)47(37)51/h1-28H. The second-order valence-electron chi connectivity index (χ2n) is 14.1. The van der Waals surface area contributed by atoms with Gasteiger partial charge in [-0.3, -0.25) is 0 Å². The lowest BCUT2D eigenvalue weighted by molar-refractivity contribution is 1.17. The molecule has 13 aromatic rings. The number of hydrogen-bond acceptors (Lipinski definition) is 0. The monoisotopic (exact) mass is 660 g/mol. The van der Waals surface area contributed by atoms with Crippen LogP contribution < -0.4 is 0 Å². The van der Waals surface area contributed by atoms with E-state index in [-0.39, 0.29) is 0 Å². The van der Waals surface area contributed by atoms with Crippen LogP contribution in [0.15, 0.2) is 170 Å². The second-order valence-corrected chi connectivity index (χ2v) is 14.1. The molecule has 0 saturated heterocycles. The third-order valence-electron chi connectivity index (χ3n) is 11.6. The summed E-state index contributed by atoms with van der Waals surface area (Å²) in [6.07, 6.45) is 0. The molecule has 0 aliphatic carbocycles. The number of rotatable bonds is 2. The van der Waals surface area contributed by atoms with E-state index in [2.05, 4.69) is 188 Å². The highest BCUT2D eigenvalue weighted by Gasteiger charge is 2.24. The zero-order chi connectivity index (χ0) is 33.7. The molecular formula is C48H28N4. The highest BCUT2D eigenvalue weighted by atomic mass is 15.0. The lowest BCUT2D eigenvalue weighted by atomic mass is 10.1. The zero-order valence-electron chi connectivity index (χ0n) is 28.0. The van der Waals surface area contributed by atoms with Crippen molar-refractivity contribution in [3.63, 3.8) is 0 Å². The largest absolute Gasteiger partial charge is 0.309 e. The fourth-order valence-corrected chi connectivity index (χ4v) is 9.67. The van der Waals surface area contributed by atoms with Gasteiger partial charge in [-0.25, -0.2) is 0 Å². The molecule has 0 fully saturated rings. The number of para-hydroxylation sites is 6. The van der Waals surface area contributed by atoms with Gasteiger partial charge in [-0.05, 0) is 60.7 Å². The van der Waals surface area contributed by atoms with E-state index < -0.39 is 0 Å². The fourth-order valence-electron chi connectivity index (χ4n) is 9.67. The summed E-state index contributed by atoms with van der Waals surface area (Å²) in [5.74, 6) is 0. The number of aromatic nitrogens is 4. The Kier molecular flexibility index (Phi) is 4.83. The predicted octanol–water partition coefficient (Wildman–Crippen LogP) is 12.4. The van der Waals surface area contributed by atoms with Crippen molar-refractivity contribution in [2.24, 2.45) is 0 Å². The summed E-state index contributed by atoms with van der Waals surface area (Å²) in [4.78, 5) is 0. The van der Waals surface area contributed by atoms with Gasteiger partial charge >= 0.3 is 0 Å². The van der Waals surface area contributed by atoms with Crippen molar-refractivity contribution in [2.75, 3.05) is 0 Å².